The fraction of sp³-hybridized carbons (Fsp3) is 0.538. The molecule has 0 saturated heterocycles. The lowest BCUT2D eigenvalue weighted by molar-refractivity contribution is 0.863. The fourth-order valence-corrected chi connectivity index (χ4v) is 3.00. The molecule has 0 N–H and O–H groups in total. The molecule has 0 aliphatic heterocycles. The van der Waals surface area contributed by atoms with Crippen molar-refractivity contribution >= 4 is 0 Å². The molecule has 0 fully saturated rings. The molecule has 0 saturated carbocycles. The number of rotatable bonds is 11. The van der Waals surface area contributed by atoms with E-state index in [1.807, 2.05) is 0 Å². The van der Waals surface area contributed by atoms with Crippen molar-refractivity contribution in [2.75, 3.05) is 0 Å². The first kappa shape index (κ1) is 22.5. The predicted molar refractivity (Wildman–Crippen MR) is 119 cm³/mol. The molecule has 0 heteroatoms. The summed E-state index contributed by atoms with van der Waals surface area (Å²) in [6.45, 7) is 13.5. The Morgan fingerprint density at radius 1 is 0.769 bits per heavy atom. The average Bonchev–Trinajstić information content (AvgIpc) is 2.62. The molecule has 0 amide bonds. The maximum atomic E-state index is 2.43. The van der Waals surface area contributed by atoms with E-state index in [1.165, 1.54) is 60.0 Å². The highest BCUT2D eigenvalue weighted by Crippen LogP contribution is 2.16. The lowest BCUT2D eigenvalue weighted by Gasteiger charge is -2.06. The predicted octanol–water partition coefficient (Wildman–Crippen LogP) is 8.55. The van der Waals surface area contributed by atoms with Crippen LogP contribution < -0.4 is 0 Å². The van der Waals surface area contributed by atoms with Gasteiger partial charge in [0.15, 0.2) is 0 Å². The van der Waals surface area contributed by atoms with Crippen molar-refractivity contribution in [3.05, 3.63) is 70.3 Å². The van der Waals surface area contributed by atoms with Crippen LogP contribution in [0.2, 0.25) is 0 Å². The Morgan fingerprint density at radius 2 is 1.27 bits per heavy atom. The summed E-state index contributed by atoms with van der Waals surface area (Å²) < 4.78 is 0. The molecular weight excluding hydrogens is 312 g/mol. The number of benzene rings is 1. The molecule has 0 aromatic heterocycles. The van der Waals surface area contributed by atoms with E-state index in [1.54, 1.807) is 0 Å². The van der Waals surface area contributed by atoms with Crippen molar-refractivity contribution in [2.45, 2.75) is 92.4 Å². The van der Waals surface area contributed by atoms with Gasteiger partial charge in [0.1, 0.15) is 0 Å². The standard InChI is InChI=1S/C26H40/c1-7-22(4)11-8-12-23(5)13-9-14-24(6)15-10-16-25-17-19-26(20-18-25)21(2)3/h11,13,15,17-21H,7-10,12,14,16H2,1-6H3/b22-11+,23-13+,24-15+. The van der Waals surface area contributed by atoms with Crippen molar-refractivity contribution in [3.8, 4) is 0 Å². The second kappa shape index (κ2) is 12.7. The first-order valence-electron chi connectivity index (χ1n) is 10.5. The van der Waals surface area contributed by atoms with Gasteiger partial charge in [-0.3, -0.25) is 0 Å². The Labute approximate surface area is 163 Å². The van der Waals surface area contributed by atoms with Crippen LogP contribution in [0.25, 0.3) is 0 Å². The highest BCUT2D eigenvalue weighted by atomic mass is 14.0. The van der Waals surface area contributed by atoms with E-state index in [0.717, 1.165) is 12.8 Å². The van der Waals surface area contributed by atoms with E-state index in [-0.39, 0.29) is 0 Å². The highest BCUT2D eigenvalue weighted by molar-refractivity contribution is 5.25. The van der Waals surface area contributed by atoms with Crippen molar-refractivity contribution in [1.82, 2.24) is 0 Å². The molecule has 0 heterocycles. The summed E-state index contributed by atoms with van der Waals surface area (Å²) >= 11 is 0. The zero-order valence-corrected chi connectivity index (χ0v) is 18.1. The molecule has 1 aromatic rings. The van der Waals surface area contributed by atoms with Crippen LogP contribution in [0.3, 0.4) is 0 Å². The first-order valence-corrected chi connectivity index (χ1v) is 10.5. The highest BCUT2D eigenvalue weighted by Gasteiger charge is 1.99. The fourth-order valence-electron chi connectivity index (χ4n) is 3.00. The van der Waals surface area contributed by atoms with E-state index in [2.05, 4.69) is 84.0 Å². The SMILES string of the molecule is CC/C(C)=C/CC/C(C)=C/CC/C(C)=C/CCc1ccc(C(C)C)cc1. The number of aryl methyl sites for hydroxylation is 1. The topological polar surface area (TPSA) is 0 Å². The number of allylic oxidation sites excluding steroid dienone is 6. The first-order chi connectivity index (χ1) is 12.4. The minimum absolute atomic E-state index is 0.620. The van der Waals surface area contributed by atoms with Crippen LogP contribution in [-0.4, -0.2) is 0 Å². The van der Waals surface area contributed by atoms with Crippen molar-refractivity contribution in [1.29, 1.82) is 0 Å². The third-order valence-corrected chi connectivity index (χ3v) is 5.19. The van der Waals surface area contributed by atoms with Crippen LogP contribution in [0.4, 0.5) is 0 Å². The van der Waals surface area contributed by atoms with Gasteiger partial charge in [0.25, 0.3) is 0 Å². The van der Waals surface area contributed by atoms with Crippen molar-refractivity contribution in [2.24, 2.45) is 0 Å². The quantitative estimate of drug-likeness (QED) is 0.350. The average molecular weight is 353 g/mol. The van der Waals surface area contributed by atoms with Crippen LogP contribution in [0, 0.1) is 0 Å². The zero-order chi connectivity index (χ0) is 19.4. The van der Waals surface area contributed by atoms with Gasteiger partial charge in [0.05, 0.1) is 0 Å². The van der Waals surface area contributed by atoms with Crippen LogP contribution in [0.1, 0.15) is 97.1 Å². The monoisotopic (exact) mass is 352 g/mol. The molecule has 1 rings (SSSR count). The summed E-state index contributed by atoms with van der Waals surface area (Å²) in [5, 5.41) is 0. The largest absolute Gasteiger partial charge is 0.0853 e. The molecule has 0 aliphatic rings. The lowest BCUT2D eigenvalue weighted by atomic mass is 10.00. The Kier molecular flexibility index (Phi) is 11.0. The van der Waals surface area contributed by atoms with Gasteiger partial charge in [0, 0.05) is 0 Å². The van der Waals surface area contributed by atoms with Crippen molar-refractivity contribution in [3.63, 3.8) is 0 Å². The molecule has 26 heavy (non-hydrogen) atoms. The summed E-state index contributed by atoms with van der Waals surface area (Å²) in [6.07, 6.45) is 15.5. The second-order valence-corrected chi connectivity index (χ2v) is 8.02. The molecule has 0 radical (unpaired) electrons. The second-order valence-electron chi connectivity index (χ2n) is 8.02. The number of hydrogen-bond acceptors (Lipinski definition) is 0. The van der Waals surface area contributed by atoms with Gasteiger partial charge >= 0.3 is 0 Å². The summed E-state index contributed by atoms with van der Waals surface area (Å²) in [5.41, 5.74) is 7.45. The Bertz CT molecular complexity index is 593. The number of hydrogen-bond donors (Lipinski definition) is 0. The normalized spacial score (nSPS) is 13.6. The smallest absolute Gasteiger partial charge is 0.0219 e. The molecule has 0 aliphatic carbocycles. The van der Waals surface area contributed by atoms with Gasteiger partial charge in [-0.05, 0) is 82.8 Å². The van der Waals surface area contributed by atoms with Gasteiger partial charge in [-0.1, -0.05) is 80.0 Å². The van der Waals surface area contributed by atoms with Crippen LogP contribution in [-0.2, 0) is 6.42 Å². The molecule has 1 aromatic carbocycles. The lowest BCUT2D eigenvalue weighted by Crippen LogP contribution is -1.89. The van der Waals surface area contributed by atoms with Gasteiger partial charge < -0.3 is 0 Å². The summed E-state index contributed by atoms with van der Waals surface area (Å²) in [4.78, 5) is 0. The summed E-state index contributed by atoms with van der Waals surface area (Å²) in [7, 11) is 0. The summed E-state index contributed by atoms with van der Waals surface area (Å²) in [6, 6.07) is 9.14. The Balaban J connectivity index is 2.29. The Morgan fingerprint density at radius 3 is 1.77 bits per heavy atom. The third kappa shape index (κ3) is 9.80. The van der Waals surface area contributed by atoms with E-state index in [0.29, 0.717) is 5.92 Å². The van der Waals surface area contributed by atoms with Crippen LogP contribution in [0.5, 0.6) is 0 Å². The van der Waals surface area contributed by atoms with E-state index < -0.39 is 0 Å². The molecule has 0 spiro atoms. The van der Waals surface area contributed by atoms with Crippen molar-refractivity contribution < 1.29 is 0 Å². The molecule has 0 nitrogen and oxygen atoms in total. The van der Waals surface area contributed by atoms with Gasteiger partial charge in [-0.15, -0.1) is 0 Å². The van der Waals surface area contributed by atoms with Crippen LogP contribution in [0.15, 0.2) is 59.2 Å². The molecule has 0 unspecified atom stereocenters. The Hall–Kier alpha value is -1.56. The van der Waals surface area contributed by atoms with Gasteiger partial charge in [-0.25, -0.2) is 0 Å². The van der Waals surface area contributed by atoms with Gasteiger partial charge in [-0.2, -0.15) is 0 Å². The van der Waals surface area contributed by atoms with E-state index in [9.17, 15) is 0 Å². The summed E-state index contributed by atoms with van der Waals surface area (Å²) in [5.74, 6) is 0.620. The van der Waals surface area contributed by atoms with E-state index >= 15 is 0 Å². The molecule has 0 atom stereocenters. The maximum absolute atomic E-state index is 2.43. The zero-order valence-electron chi connectivity index (χ0n) is 18.1. The molecule has 144 valence electrons. The third-order valence-electron chi connectivity index (χ3n) is 5.19. The molecular formula is C26H40. The maximum Gasteiger partial charge on any atom is -0.0219 e. The van der Waals surface area contributed by atoms with Crippen LogP contribution >= 0.6 is 0 Å². The minimum atomic E-state index is 0.620. The van der Waals surface area contributed by atoms with Gasteiger partial charge in [0.2, 0.25) is 0 Å². The minimum Gasteiger partial charge on any atom is -0.0853 e. The molecule has 0 bridgehead atoms. The van der Waals surface area contributed by atoms with E-state index in [4.69, 9.17) is 0 Å².